The zero-order chi connectivity index (χ0) is 10.5. The Morgan fingerprint density at radius 3 is 3.27 bits per heavy atom. The van der Waals surface area contributed by atoms with Crippen LogP contribution in [0.3, 0.4) is 0 Å². The summed E-state index contributed by atoms with van der Waals surface area (Å²) < 4.78 is 0. The molecule has 15 heavy (non-hydrogen) atoms. The molecule has 1 saturated heterocycles. The molecule has 1 unspecified atom stereocenters. The third-order valence-corrected chi connectivity index (χ3v) is 3.85. The Morgan fingerprint density at radius 1 is 1.67 bits per heavy atom. The van der Waals surface area contributed by atoms with E-state index in [1.54, 1.807) is 11.8 Å². The molecular formula is C11H18N2OS. The lowest BCUT2D eigenvalue weighted by Gasteiger charge is -2.10. The third-order valence-electron chi connectivity index (χ3n) is 2.91. The Bertz CT molecular complexity index is 259. The molecular weight excluding hydrogens is 208 g/mol. The van der Waals surface area contributed by atoms with Crippen LogP contribution in [0, 0.1) is 0 Å². The molecule has 4 heteroatoms. The topological polar surface area (TPSA) is 41.1 Å². The lowest BCUT2D eigenvalue weighted by Crippen LogP contribution is -2.42. The van der Waals surface area contributed by atoms with Gasteiger partial charge in [-0.2, -0.15) is 0 Å². The molecule has 1 amide bonds. The summed E-state index contributed by atoms with van der Waals surface area (Å²) in [6.45, 7) is 0.799. The van der Waals surface area contributed by atoms with Crippen LogP contribution in [0.5, 0.6) is 0 Å². The number of rotatable bonds is 4. The van der Waals surface area contributed by atoms with Crippen LogP contribution < -0.4 is 10.6 Å². The largest absolute Gasteiger partial charge is 0.354 e. The Labute approximate surface area is 95.1 Å². The SMILES string of the molecule is O=C(NCCC1=CCCC1)C1CSCN1. The molecule has 0 aromatic heterocycles. The fraction of sp³-hybridized carbons (Fsp3) is 0.727. The second-order valence-electron chi connectivity index (χ2n) is 4.07. The summed E-state index contributed by atoms with van der Waals surface area (Å²) in [7, 11) is 0. The van der Waals surface area contributed by atoms with Crippen molar-refractivity contribution in [3.05, 3.63) is 11.6 Å². The van der Waals surface area contributed by atoms with Crippen molar-refractivity contribution in [2.75, 3.05) is 18.2 Å². The van der Waals surface area contributed by atoms with E-state index in [1.807, 2.05) is 0 Å². The smallest absolute Gasteiger partial charge is 0.238 e. The summed E-state index contributed by atoms with van der Waals surface area (Å²) in [4.78, 5) is 11.6. The summed E-state index contributed by atoms with van der Waals surface area (Å²) in [5, 5.41) is 6.17. The molecule has 1 atom stereocenters. The highest BCUT2D eigenvalue weighted by atomic mass is 32.2. The summed E-state index contributed by atoms with van der Waals surface area (Å²) in [5.41, 5.74) is 1.52. The van der Waals surface area contributed by atoms with E-state index in [0.29, 0.717) is 0 Å². The molecule has 1 heterocycles. The van der Waals surface area contributed by atoms with Crippen molar-refractivity contribution in [1.82, 2.24) is 10.6 Å². The van der Waals surface area contributed by atoms with Crippen molar-refractivity contribution in [1.29, 1.82) is 0 Å². The van der Waals surface area contributed by atoms with E-state index in [2.05, 4.69) is 16.7 Å². The van der Waals surface area contributed by atoms with Crippen LogP contribution in [0.15, 0.2) is 11.6 Å². The first-order valence-electron chi connectivity index (χ1n) is 5.63. The number of hydrogen-bond acceptors (Lipinski definition) is 3. The first-order valence-corrected chi connectivity index (χ1v) is 6.78. The van der Waals surface area contributed by atoms with Gasteiger partial charge in [0.15, 0.2) is 0 Å². The molecule has 3 nitrogen and oxygen atoms in total. The zero-order valence-corrected chi connectivity index (χ0v) is 9.74. The van der Waals surface area contributed by atoms with Crippen LogP contribution in [0.1, 0.15) is 25.7 Å². The zero-order valence-electron chi connectivity index (χ0n) is 8.92. The normalized spacial score (nSPS) is 25.3. The van der Waals surface area contributed by atoms with Crippen LogP contribution in [0.2, 0.25) is 0 Å². The third kappa shape index (κ3) is 3.24. The van der Waals surface area contributed by atoms with E-state index in [4.69, 9.17) is 0 Å². The Morgan fingerprint density at radius 2 is 2.60 bits per heavy atom. The van der Waals surface area contributed by atoms with E-state index in [-0.39, 0.29) is 11.9 Å². The minimum absolute atomic E-state index is 0.0348. The molecule has 2 aliphatic rings. The van der Waals surface area contributed by atoms with Gasteiger partial charge in [0.1, 0.15) is 0 Å². The van der Waals surface area contributed by atoms with Crippen molar-refractivity contribution >= 4 is 17.7 Å². The maximum atomic E-state index is 11.6. The molecule has 0 spiro atoms. The van der Waals surface area contributed by atoms with E-state index in [9.17, 15) is 4.79 Å². The van der Waals surface area contributed by atoms with Gasteiger partial charge in [-0.15, -0.1) is 11.8 Å². The van der Waals surface area contributed by atoms with Gasteiger partial charge in [-0.1, -0.05) is 11.6 Å². The molecule has 1 aliphatic carbocycles. The monoisotopic (exact) mass is 226 g/mol. The van der Waals surface area contributed by atoms with Gasteiger partial charge in [0.2, 0.25) is 5.91 Å². The lowest BCUT2D eigenvalue weighted by atomic mass is 10.1. The molecule has 2 rings (SSSR count). The van der Waals surface area contributed by atoms with E-state index in [1.165, 1.54) is 24.8 Å². The van der Waals surface area contributed by atoms with Gasteiger partial charge < -0.3 is 5.32 Å². The number of nitrogens with one attached hydrogen (secondary N) is 2. The molecule has 2 N–H and O–H groups in total. The number of carbonyl (C=O) groups is 1. The molecule has 84 valence electrons. The highest BCUT2D eigenvalue weighted by Crippen LogP contribution is 2.19. The Kier molecular flexibility index (Phi) is 4.09. The van der Waals surface area contributed by atoms with Crippen LogP contribution in [0.25, 0.3) is 0 Å². The fourth-order valence-electron chi connectivity index (χ4n) is 2.00. The van der Waals surface area contributed by atoms with Gasteiger partial charge in [0, 0.05) is 18.2 Å². The number of carbonyl (C=O) groups excluding carboxylic acids is 1. The van der Waals surface area contributed by atoms with Gasteiger partial charge in [-0.05, 0) is 25.7 Å². The molecule has 1 aliphatic heterocycles. The highest BCUT2D eigenvalue weighted by molar-refractivity contribution is 7.99. The van der Waals surface area contributed by atoms with Gasteiger partial charge in [0.05, 0.1) is 6.04 Å². The quantitative estimate of drug-likeness (QED) is 0.709. The number of hydrogen-bond donors (Lipinski definition) is 2. The average Bonchev–Trinajstić information content (AvgIpc) is 2.90. The van der Waals surface area contributed by atoms with Crippen LogP contribution in [0.4, 0.5) is 0 Å². The molecule has 0 radical (unpaired) electrons. The van der Waals surface area contributed by atoms with Gasteiger partial charge >= 0.3 is 0 Å². The number of allylic oxidation sites excluding steroid dienone is 1. The second kappa shape index (κ2) is 5.56. The molecule has 0 aromatic rings. The molecule has 1 fully saturated rings. The summed E-state index contributed by atoms with van der Waals surface area (Å²) in [6.07, 6.45) is 7.10. The van der Waals surface area contributed by atoms with Crippen molar-refractivity contribution in [3.8, 4) is 0 Å². The maximum absolute atomic E-state index is 11.6. The van der Waals surface area contributed by atoms with Crippen LogP contribution in [-0.2, 0) is 4.79 Å². The van der Waals surface area contributed by atoms with Crippen LogP contribution >= 0.6 is 11.8 Å². The summed E-state index contributed by atoms with van der Waals surface area (Å²) in [6, 6.07) is 0.0348. The molecule has 0 saturated carbocycles. The maximum Gasteiger partial charge on any atom is 0.238 e. The Hall–Kier alpha value is -0.480. The first kappa shape index (κ1) is 11.0. The lowest BCUT2D eigenvalue weighted by molar-refractivity contribution is -0.122. The van der Waals surface area contributed by atoms with E-state index < -0.39 is 0 Å². The Balaban J connectivity index is 1.62. The molecule has 0 bridgehead atoms. The number of amides is 1. The van der Waals surface area contributed by atoms with Gasteiger partial charge in [-0.3, -0.25) is 10.1 Å². The minimum Gasteiger partial charge on any atom is -0.354 e. The minimum atomic E-state index is 0.0348. The standard InChI is InChI=1S/C11H18N2OS/c14-11(10-7-15-8-13-10)12-6-5-9-3-1-2-4-9/h3,10,13H,1-2,4-8H2,(H,12,14). The van der Waals surface area contributed by atoms with E-state index in [0.717, 1.165) is 24.6 Å². The first-order chi connectivity index (χ1) is 7.36. The second-order valence-corrected chi connectivity index (χ2v) is 5.10. The number of thioether (sulfide) groups is 1. The van der Waals surface area contributed by atoms with E-state index >= 15 is 0 Å². The van der Waals surface area contributed by atoms with Crippen molar-refractivity contribution in [2.45, 2.75) is 31.7 Å². The van der Waals surface area contributed by atoms with Crippen molar-refractivity contribution < 1.29 is 4.79 Å². The van der Waals surface area contributed by atoms with Crippen molar-refractivity contribution in [2.24, 2.45) is 0 Å². The average molecular weight is 226 g/mol. The van der Waals surface area contributed by atoms with Crippen LogP contribution in [-0.4, -0.2) is 30.1 Å². The van der Waals surface area contributed by atoms with Gasteiger partial charge in [-0.25, -0.2) is 0 Å². The fourth-order valence-corrected chi connectivity index (χ4v) is 2.94. The summed E-state index contributed by atoms with van der Waals surface area (Å²) >= 11 is 1.79. The molecule has 0 aromatic carbocycles. The van der Waals surface area contributed by atoms with Crippen molar-refractivity contribution in [3.63, 3.8) is 0 Å². The predicted molar refractivity (Wildman–Crippen MR) is 63.8 cm³/mol. The predicted octanol–water partition coefficient (Wildman–Crippen LogP) is 1.27. The highest BCUT2D eigenvalue weighted by Gasteiger charge is 2.21. The van der Waals surface area contributed by atoms with Gasteiger partial charge in [0.25, 0.3) is 0 Å². The summed E-state index contributed by atoms with van der Waals surface area (Å²) in [5.74, 6) is 1.98.